The molecule has 0 atom stereocenters. The highest BCUT2D eigenvalue weighted by Gasteiger charge is 2.25. The van der Waals surface area contributed by atoms with Gasteiger partial charge in [-0.05, 0) is 43.4 Å². The zero-order valence-corrected chi connectivity index (χ0v) is 14.9. The first-order valence-corrected chi connectivity index (χ1v) is 9.38. The molecule has 1 aliphatic rings. The lowest BCUT2D eigenvalue weighted by molar-refractivity contribution is -0.118. The molecule has 1 aromatic carbocycles. The van der Waals surface area contributed by atoms with E-state index in [0.29, 0.717) is 16.3 Å². The number of primary amides is 1. The second-order valence-electron chi connectivity index (χ2n) is 6.31. The monoisotopic (exact) mass is 369 g/mol. The summed E-state index contributed by atoms with van der Waals surface area (Å²) in [5, 5.41) is 4.26. The largest absolute Gasteiger partial charge is 0.482 e. The van der Waals surface area contributed by atoms with Gasteiger partial charge in [-0.1, -0.05) is 12.1 Å². The Bertz CT molecular complexity index is 989. The van der Waals surface area contributed by atoms with Gasteiger partial charge in [0.15, 0.2) is 6.61 Å². The van der Waals surface area contributed by atoms with Gasteiger partial charge in [0, 0.05) is 22.0 Å². The molecule has 7 heteroatoms. The molecule has 0 bridgehead atoms. The van der Waals surface area contributed by atoms with Crippen LogP contribution in [-0.2, 0) is 17.6 Å². The average Bonchev–Trinajstić information content (AvgIpc) is 3.20. The van der Waals surface area contributed by atoms with E-state index in [-0.39, 0.29) is 12.5 Å². The molecule has 4 rings (SSSR count). The minimum atomic E-state index is -0.489. The van der Waals surface area contributed by atoms with Crippen molar-refractivity contribution in [3.63, 3.8) is 0 Å². The van der Waals surface area contributed by atoms with Gasteiger partial charge in [0.2, 0.25) is 0 Å². The van der Waals surface area contributed by atoms with Gasteiger partial charge < -0.3 is 20.8 Å². The maximum Gasteiger partial charge on any atom is 0.262 e. The molecule has 0 aliphatic heterocycles. The molecule has 6 nitrogen and oxygen atoms in total. The third-order valence-corrected chi connectivity index (χ3v) is 5.79. The van der Waals surface area contributed by atoms with Crippen molar-refractivity contribution >= 4 is 39.1 Å². The fourth-order valence-electron chi connectivity index (χ4n) is 3.38. The van der Waals surface area contributed by atoms with Crippen molar-refractivity contribution in [1.29, 1.82) is 0 Å². The van der Waals surface area contributed by atoms with Gasteiger partial charge in [-0.2, -0.15) is 0 Å². The van der Waals surface area contributed by atoms with Crippen LogP contribution >= 0.6 is 11.3 Å². The standard InChI is InChI=1S/C19H19N3O3S/c20-18(24)17-12-6-2-4-8-15(12)26-19(17)22-16(23)10-25-14-9-21-13-7-3-1-5-11(13)14/h1,3,5,7,9,21H,2,4,6,8,10H2,(H2,20,24)(H,22,23). The van der Waals surface area contributed by atoms with E-state index < -0.39 is 5.91 Å². The highest BCUT2D eigenvalue weighted by atomic mass is 32.1. The third kappa shape index (κ3) is 3.06. The van der Waals surface area contributed by atoms with Gasteiger partial charge >= 0.3 is 0 Å². The molecule has 0 spiro atoms. The van der Waals surface area contributed by atoms with E-state index in [2.05, 4.69) is 10.3 Å². The predicted octanol–water partition coefficient (Wildman–Crippen LogP) is 3.22. The normalized spacial score (nSPS) is 13.4. The highest BCUT2D eigenvalue weighted by molar-refractivity contribution is 7.17. The summed E-state index contributed by atoms with van der Waals surface area (Å²) in [7, 11) is 0. The first-order valence-electron chi connectivity index (χ1n) is 8.56. The minimum absolute atomic E-state index is 0.136. The smallest absolute Gasteiger partial charge is 0.262 e. The zero-order chi connectivity index (χ0) is 18.1. The highest BCUT2D eigenvalue weighted by Crippen LogP contribution is 2.37. The molecule has 0 unspecified atom stereocenters. The van der Waals surface area contributed by atoms with Crippen LogP contribution < -0.4 is 15.8 Å². The number of hydrogen-bond donors (Lipinski definition) is 3. The fourth-order valence-corrected chi connectivity index (χ4v) is 4.70. The maximum absolute atomic E-state index is 12.3. The van der Waals surface area contributed by atoms with Gasteiger partial charge in [0.1, 0.15) is 10.8 Å². The summed E-state index contributed by atoms with van der Waals surface area (Å²) >= 11 is 1.45. The number of aromatic amines is 1. The van der Waals surface area contributed by atoms with Gasteiger partial charge in [0.25, 0.3) is 11.8 Å². The molecule has 2 aromatic heterocycles. The summed E-state index contributed by atoms with van der Waals surface area (Å²) < 4.78 is 5.64. The van der Waals surface area contributed by atoms with Crippen LogP contribution in [0.4, 0.5) is 5.00 Å². The van der Waals surface area contributed by atoms with Crippen molar-refractivity contribution in [2.75, 3.05) is 11.9 Å². The topological polar surface area (TPSA) is 97.2 Å². The van der Waals surface area contributed by atoms with Crippen molar-refractivity contribution in [3.05, 3.63) is 46.5 Å². The third-order valence-electron chi connectivity index (χ3n) is 4.58. The Balaban J connectivity index is 1.48. The Morgan fingerprint density at radius 2 is 2.04 bits per heavy atom. The first-order chi connectivity index (χ1) is 12.6. The second-order valence-corrected chi connectivity index (χ2v) is 7.42. The van der Waals surface area contributed by atoms with Crippen LogP contribution in [0.2, 0.25) is 0 Å². The summed E-state index contributed by atoms with van der Waals surface area (Å²) in [6.45, 7) is -0.136. The van der Waals surface area contributed by atoms with Gasteiger partial charge in [-0.3, -0.25) is 9.59 Å². The van der Waals surface area contributed by atoms with Crippen molar-refractivity contribution in [2.45, 2.75) is 25.7 Å². The quantitative estimate of drug-likeness (QED) is 0.644. The van der Waals surface area contributed by atoms with E-state index in [9.17, 15) is 9.59 Å². The molecule has 0 saturated heterocycles. The van der Waals surface area contributed by atoms with Crippen molar-refractivity contribution in [1.82, 2.24) is 4.98 Å². The summed E-state index contributed by atoms with van der Waals surface area (Å²) in [5.41, 5.74) is 7.97. The van der Waals surface area contributed by atoms with Gasteiger partial charge in [-0.15, -0.1) is 11.3 Å². The lowest BCUT2D eigenvalue weighted by Crippen LogP contribution is -2.22. The zero-order valence-electron chi connectivity index (χ0n) is 14.1. The average molecular weight is 369 g/mol. The summed E-state index contributed by atoms with van der Waals surface area (Å²) in [4.78, 5) is 28.5. The number of aryl methyl sites for hydroxylation is 1. The number of benzene rings is 1. The fraction of sp³-hybridized carbons (Fsp3) is 0.263. The number of H-pyrrole nitrogens is 1. The summed E-state index contributed by atoms with van der Waals surface area (Å²) in [6, 6.07) is 7.72. The van der Waals surface area contributed by atoms with E-state index in [1.54, 1.807) is 6.20 Å². The number of carbonyl (C=O) groups is 2. The molecule has 3 aromatic rings. The van der Waals surface area contributed by atoms with Crippen molar-refractivity contribution in [2.24, 2.45) is 5.73 Å². The number of nitrogens with one attached hydrogen (secondary N) is 2. The van der Waals surface area contributed by atoms with Crippen LogP contribution in [0.25, 0.3) is 10.9 Å². The summed E-state index contributed by atoms with van der Waals surface area (Å²) in [6.07, 6.45) is 5.65. The van der Waals surface area contributed by atoms with Crippen molar-refractivity contribution < 1.29 is 14.3 Å². The number of amides is 2. The van der Waals surface area contributed by atoms with Gasteiger partial charge in [0.05, 0.1) is 5.56 Å². The lowest BCUT2D eigenvalue weighted by Gasteiger charge is -2.11. The molecule has 0 saturated carbocycles. The molecule has 0 fully saturated rings. The molecule has 134 valence electrons. The number of carbonyl (C=O) groups excluding carboxylic acids is 2. The molecule has 2 amide bonds. The number of nitrogens with two attached hydrogens (primary N) is 1. The molecule has 4 N–H and O–H groups in total. The Hall–Kier alpha value is -2.80. The molecule has 1 aliphatic carbocycles. The van der Waals surface area contributed by atoms with Crippen LogP contribution in [0.1, 0.15) is 33.6 Å². The molecule has 0 radical (unpaired) electrons. The van der Waals surface area contributed by atoms with E-state index in [0.717, 1.165) is 47.0 Å². The lowest BCUT2D eigenvalue weighted by atomic mass is 9.95. The van der Waals surface area contributed by atoms with E-state index in [4.69, 9.17) is 10.5 Å². The number of aromatic nitrogens is 1. The van der Waals surface area contributed by atoms with Crippen LogP contribution in [0.5, 0.6) is 5.75 Å². The van der Waals surface area contributed by atoms with E-state index >= 15 is 0 Å². The number of hydrogen-bond acceptors (Lipinski definition) is 4. The van der Waals surface area contributed by atoms with Crippen LogP contribution in [0, 0.1) is 0 Å². The number of anilines is 1. The Kier molecular flexibility index (Phi) is 4.38. The van der Waals surface area contributed by atoms with Crippen LogP contribution in [0.3, 0.4) is 0 Å². The number of fused-ring (bicyclic) bond motifs is 2. The van der Waals surface area contributed by atoms with Gasteiger partial charge in [-0.25, -0.2) is 0 Å². The first kappa shape index (κ1) is 16.7. The summed E-state index contributed by atoms with van der Waals surface area (Å²) in [5.74, 6) is -0.176. The Morgan fingerprint density at radius 1 is 1.23 bits per heavy atom. The SMILES string of the molecule is NC(=O)c1c(NC(=O)COc2c[nH]c3ccccc23)sc2c1CCCC2. The van der Waals surface area contributed by atoms with Crippen LogP contribution in [0.15, 0.2) is 30.5 Å². The number of thiophene rings is 1. The van der Waals surface area contributed by atoms with E-state index in [1.807, 2.05) is 24.3 Å². The van der Waals surface area contributed by atoms with Crippen molar-refractivity contribution in [3.8, 4) is 5.75 Å². The predicted molar refractivity (Wildman–Crippen MR) is 102 cm³/mol. The number of rotatable bonds is 5. The number of para-hydroxylation sites is 1. The van der Waals surface area contributed by atoms with E-state index in [1.165, 1.54) is 11.3 Å². The second kappa shape index (κ2) is 6.84. The molecule has 2 heterocycles. The maximum atomic E-state index is 12.3. The molecular formula is C19H19N3O3S. The Labute approximate surface area is 154 Å². The van der Waals surface area contributed by atoms with Crippen LogP contribution in [-0.4, -0.2) is 23.4 Å². The minimum Gasteiger partial charge on any atom is -0.482 e. The molecule has 26 heavy (non-hydrogen) atoms. The number of ether oxygens (including phenoxy) is 1. The molecular weight excluding hydrogens is 350 g/mol. The Morgan fingerprint density at radius 3 is 2.88 bits per heavy atom.